The average Bonchev–Trinajstić information content (AvgIpc) is 3.07. The Balaban J connectivity index is 1.60. The van der Waals surface area contributed by atoms with Gasteiger partial charge in [0, 0.05) is 31.9 Å². The lowest BCUT2D eigenvalue weighted by molar-refractivity contribution is 0.617. The highest BCUT2D eigenvalue weighted by Gasteiger charge is 2.05. The van der Waals surface area contributed by atoms with E-state index in [9.17, 15) is 4.39 Å². The molecule has 0 spiro atoms. The molecule has 0 saturated heterocycles. The second-order valence-electron chi connectivity index (χ2n) is 6.61. The van der Waals surface area contributed by atoms with Crippen molar-refractivity contribution in [1.29, 1.82) is 0 Å². The van der Waals surface area contributed by atoms with Crippen LogP contribution in [0.25, 0.3) is 5.65 Å². The third kappa shape index (κ3) is 4.84. The lowest BCUT2D eigenvalue weighted by Gasteiger charge is -2.11. The molecule has 2 N–H and O–H groups in total. The third-order valence-electron chi connectivity index (χ3n) is 4.39. The Morgan fingerprint density at radius 3 is 2.78 bits per heavy atom. The number of pyridine rings is 1. The zero-order valence-corrected chi connectivity index (χ0v) is 16.1. The molecule has 27 heavy (non-hydrogen) atoms. The molecule has 0 aliphatic carbocycles. The van der Waals surface area contributed by atoms with Crippen molar-refractivity contribution in [3.8, 4) is 0 Å². The molecule has 0 atom stereocenters. The fourth-order valence-electron chi connectivity index (χ4n) is 2.95. The summed E-state index contributed by atoms with van der Waals surface area (Å²) in [5.74, 6) is 0.565. The second kappa shape index (κ2) is 8.66. The molecular formula is C21H26FN5. The van der Waals surface area contributed by atoms with E-state index in [1.807, 2.05) is 25.3 Å². The first kappa shape index (κ1) is 18.9. The Hall–Kier alpha value is -2.89. The summed E-state index contributed by atoms with van der Waals surface area (Å²) < 4.78 is 15.4. The summed E-state index contributed by atoms with van der Waals surface area (Å²) in [5, 5.41) is 6.58. The summed E-state index contributed by atoms with van der Waals surface area (Å²) in [6.07, 6.45) is 4.89. The number of rotatable bonds is 6. The van der Waals surface area contributed by atoms with Gasteiger partial charge in [-0.2, -0.15) is 0 Å². The number of guanidine groups is 1. The summed E-state index contributed by atoms with van der Waals surface area (Å²) in [5.41, 5.74) is 4.84. The lowest BCUT2D eigenvalue weighted by atomic mass is 10.1. The van der Waals surface area contributed by atoms with E-state index in [4.69, 9.17) is 4.98 Å². The quantitative estimate of drug-likeness (QED) is 0.519. The SMILES string of the molecule is CCNC(=NCc1ccc(F)c(C)c1)NCCc1cn2cccc(C)c2n1. The van der Waals surface area contributed by atoms with Gasteiger partial charge in [-0.05, 0) is 49.6 Å². The molecule has 0 aliphatic heterocycles. The fourth-order valence-corrected chi connectivity index (χ4v) is 2.95. The molecule has 3 rings (SSSR count). The van der Waals surface area contributed by atoms with Crippen LogP contribution < -0.4 is 10.6 Å². The van der Waals surface area contributed by atoms with Gasteiger partial charge in [-0.3, -0.25) is 0 Å². The number of hydrogen-bond donors (Lipinski definition) is 2. The number of halogens is 1. The van der Waals surface area contributed by atoms with Crippen LogP contribution in [-0.4, -0.2) is 28.4 Å². The van der Waals surface area contributed by atoms with Crippen molar-refractivity contribution in [2.75, 3.05) is 13.1 Å². The second-order valence-corrected chi connectivity index (χ2v) is 6.61. The molecule has 5 nitrogen and oxygen atoms in total. The van der Waals surface area contributed by atoms with Crippen LogP contribution in [0.3, 0.4) is 0 Å². The molecule has 2 aromatic heterocycles. The van der Waals surface area contributed by atoms with Gasteiger partial charge in [0.15, 0.2) is 5.96 Å². The highest BCUT2D eigenvalue weighted by Crippen LogP contribution is 2.11. The number of aromatic nitrogens is 2. The van der Waals surface area contributed by atoms with Crippen molar-refractivity contribution in [2.45, 2.75) is 33.7 Å². The van der Waals surface area contributed by atoms with Gasteiger partial charge in [-0.15, -0.1) is 0 Å². The van der Waals surface area contributed by atoms with Crippen molar-refractivity contribution in [1.82, 2.24) is 20.0 Å². The van der Waals surface area contributed by atoms with Gasteiger partial charge in [0.2, 0.25) is 0 Å². The molecule has 0 amide bonds. The molecule has 2 heterocycles. The Morgan fingerprint density at radius 2 is 2.04 bits per heavy atom. The highest BCUT2D eigenvalue weighted by atomic mass is 19.1. The summed E-state index contributed by atoms with van der Waals surface area (Å²) >= 11 is 0. The van der Waals surface area contributed by atoms with E-state index in [-0.39, 0.29) is 5.82 Å². The van der Waals surface area contributed by atoms with Gasteiger partial charge in [0.05, 0.1) is 12.2 Å². The zero-order chi connectivity index (χ0) is 19.2. The number of aliphatic imine (C=N–C) groups is 1. The first-order valence-corrected chi connectivity index (χ1v) is 9.27. The number of nitrogens with one attached hydrogen (secondary N) is 2. The largest absolute Gasteiger partial charge is 0.357 e. The molecular weight excluding hydrogens is 341 g/mol. The minimum atomic E-state index is -0.185. The van der Waals surface area contributed by atoms with E-state index in [1.165, 1.54) is 11.6 Å². The fraction of sp³-hybridized carbons (Fsp3) is 0.333. The molecule has 6 heteroatoms. The van der Waals surface area contributed by atoms with Crippen LogP contribution in [-0.2, 0) is 13.0 Å². The Kier molecular flexibility index (Phi) is 6.06. The predicted molar refractivity (Wildman–Crippen MR) is 108 cm³/mol. The van der Waals surface area contributed by atoms with Crippen LogP contribution >= 0.6 is 0 Å². The molecule has 0 fully saturated rings. The van der Waals surface area contributed by atoms with Crippen LogP contribution in [0.5, 0.6) is 0 Å². The van der Waals surface area contributed by atoms with E-state index in [2.05, 4.69) is 39.2 Å². The molecule has 1 aromatic carbocycles. The van der Waals surface area contributed by atoms with Crippen molar-refractivity contribution in [3.05, 3.63) is 70.9 Å². The molecule has 0 unspecified atom stereocenters. The number of aryl methyl sites for hydroxylation is 2. The molecule has 0 aliphatic rings. The normalized spacial score (nSPS) is 11.8. The highest BCUT2D eigenvalue weighted by molar-refractivity contribution is 5.79. The van der Waals surface area contributed by atoms with Crippen LogP contribution in [0, 0.1) is 19.7 Å². The Bertz CT molecular complexity index is 945. The molecule has 0 radical (unpaired) electrons. The van der Waals surface area contributed by atoms with E-state index in [1.54, 1.807) is 13.0 Å². The van der Waals surface area contributed by atoms with E-state index >= 15 is 0 Å². The van der Waals surface area contributed by atoms with E-state index < -0.39 is 0 Å². The minimum absolute atomic E-state index is 0.185. The van der Waals surface area contributed by atoms with Crippen molar-refractivity contribution in [2.24, 2.45) is 4.99 Å². The monoisotopic (exact) mass is 367 g/mol. The van der Waals surface area contributed by atoms with Crippen LogP contribution in [0.2, 0.25) is 0 Å². The zero-order valence-electron chi connectivity index (χ0n) is 16.1. The van der Waals surface area contributed by atoms with Gasteiger partial charge in [0.25, 0.3) is 0 Å². The predicted octanol–water partition coefficient (Wildman–Crippen LogP) is 3.39. The van der Waals surface area contributed by atoms with E-state index in [0.717, 1.165) is 42.4 Å². The van der Waals surface area contributed by atoms with Gasteiger partial charge >= 0.3 is 0 Å². The molecule has 142 valence electrons. The summed E-state index contributed by atoms with van der Waals surface area (Å²) in [6.45, 7) is 7.88. The first-order valence-electron chi connectivity index (χ1n) is 9.27. The lowest BCUT2D eigenvalue weighted by Crippen LogP contribution is -2.38. The van der Waals surface area contributed by atoms with Crippen LogP contribution in [0.4, 0.5) is 4.39 Å². The summed E-state index contributed by atoms with van der Waals surface area (Å²) in [6, 6.07) is 9.19. The Labute approximate surface area is 159 Å². The van der Waals surface area contributed by atoms with E-state index in [0.29, 0.717) is 12.1 Å². The summed E-state index contributed by atoms with van der Waals surface area (Å²) in [7, 11) is 0. The Morgan fingerprint density at radius 1 is 1.19 bits per heavy atom. The maximum Gasteiger partial charge on any atom is 0.191 e. The topological polar surface area (TPSA) is 53.7 Å². The molecule has 0 saturated carbocycles. The standard InChI is InChI=1S/C21H26FN5/c1-4-23-21(25-13-17-7-8-19(22)16(3)12-17)24-10-9-18-14-27-11-5-6-15(2)20(27)26-18/h5-8,11-12,14H,4,9-10,13H2,1-3H3,(H2,23,24,25). The maximum atomic E-state index is 13.4. The van der Waals surface area contributed by atoms with Gasteiger partial charge in [-0.1, -0.05) is 18.2 Å². The average molecular weight is 367 g/mol. The third-order valence-corrected chi connectivity index (χ3v) is 4.39. The smallest absolute Gasteiger partial charge is 0.191 e. The van der Waals surface area contributed by atoms with Crippen molar-refractivity contribution < 1.29 is 4.39 Å². The molecule has 0 bridgehead atoms. The number of hydrogen-bond acceptors (Lipinski definition) is 2. The maximum absolute atomic E-state index is 13.4. The number of imidazole rings is 1. The minimum Gasteiger partial charge on any atom is -0.357 e. The van der Waals surface area contributed by atoms with Crippen molar-refractivity contribution in [3.63, 3.8) is 0 Å². The van der Waals surface area contributed by atoms with Gasteiger partial charge in [-0.25, -0.2) is 14.4 Å². The number of nitrogens with zero attached hydrogens (tertiary/aromatic N) is 3. The van der Waals surface area contributed by atoms with Crippen LogP contribution in [0.15, 0.2) is 47.7 Å². The van der Waals surface area contributed by atoms with Gasteiger partial charge in [0.1, 0.15) is 11.5 Å². The number of benzene rings is 1. The summed E-state index contributed by atoms with van der Waals surface area (Å²) in [4.78, 5) is 9.28. The van der Waals surface area contributed by atoms with Gasteiger partial charge < -0.3 is 15.0 Å². The first-order chi connectivity index (χ1) is 13.1. The van der Waals surface area contributed by atoms with Crippen molar-refractivity contribution >= 4 is 11.6 Å². The van der Waals surface area contributed by atoms with Crippen LogP contribution in [0.1, 0.15) is 29.3 Å². The molecule has 3 aromatic rings. The number of fused-ring (bicyclic) bond motifs is 1.